The molecule has 0 saturated carbocycles. The number of terminal acetylenes is 1. The molecule has 0 aliphatic rings. The quantitative estimate of drug-likeness (QED) is 0.616. The predicted molar refractivity (Wildman–Crippen MR) is 80.2 cm³/mol. The van der Waals surface area contributed by atoms with Crippen LogP contribution in [0.2, 0.25) is 0 Å². The molecule has 0 amide bonds. The number of carbonyl (C=O) groups excluding carboxylic acids is 1. The Hall–Kier alpha value is -1.84. The molecule has 6 heteroatoms. The fourth-order valence-electron chi connectivity index (χ4n) is 1.48. The van der Waals surface area contributed by atoms with Gasteiger partial charge in [0.1, 0.15) is 0 Å². The summed E-state index contributed by atoms with van der Waals surface area (Å²) in [7, 11) is -3.71. The summed E-state index contributed by atoms with van der Waals surface area (Å²) in [6, 6.07) is 5.67. The number of ether oxygens (including phenoxy) is 1. The van der Waals surface area contributed by atoms with Gasteiger partial charge in [-0.3, -0.25) is 0 Å². The lowest BCUT2D eigenvalue weighted by atomic mass is 10.1. The Morgan fingerprint density at radius 1 is 1.43 bits per heavy atom. The molecule has 0 atom stereocenters. The van der Waals surface area contributed by atoms with E-state index in [-0.39, 0.29) is 17.0 Å². The first-order valence-corrected chi connectivity index (χ1v) is 8.05. The first-order chi connectivity index (χ1) is 9.86. The number of hydrogen-bond donors (Lipinski definition) is 1. The van der Waals surface area contributed by atoms with Gasteiger partial charge in [0.05, 0.1) is 23.6 Å². The minimum Gasteiger partial charge on any atom is -0.462 e. The number of hydrogen-bond acceptors (Lipinski definition) is 4. The largest absolute Gasteiger partial charge is 0.462 e. The maximum Gasteiger partial charge on any atom is 0.338 e. The first kappa shape index (κ1) is 17.2. The molecule has 0 aliphatic carbocycles. The van der Waals surface area contributed by atoms with Gasteiger partial charge in [-0.2, -0.15) is 4.72 Å². The Morgan fingerprint density at radius 2 is 2.14 bits per heavy atom. The molecule has 21 heavy (non-hydrogen) atoms. The number of carbonyl (C=O) groups is 1. The second-order valence-corrected chi connectivity index (χ2v) is 6.64. The third-order valence-corrected chi connectivity index (χ3v) is 4.07. The van der Waals surface area contributed by atoms with Gasteiger partial charge < -0.3 is 4.74 Å². The number of esters is 1. The summed E-state index contributed by atoms with van der Waals surface area (Å²) in [4.78, 5) is 11.8. The van der Waals surface area contributed by atoms with Gasteiger partial charge in [0, 0.05) is 0 Å². The molecule has 0 unspecified atom stereocenters. The molecular weight excluding hydrogens is 290 g/mol. The molecule has 1 rings (SSSR count). The van der Waals surface area contributed by atoms with E-state index in [2.05, 4.69) is 10.6 Å². The summed E-state index contributed by atoms with van der Waals surface area (Å²) >= 11 is 0. The minimum atomic E-state index is -3.71. The highest BCUT2D eigenvalue weighted by Crippen LogP contribution is 2.12. The number of rotatable bonds is 7. The molecular formula is C15H19NO4S. The first-order valence-electron chi connectivity index (χ1n) is 6.57. The van der Waals surface area contributed by atoms with Gasteiger partial charge in [0.2, 0.25) is 10.0 Å². The summed E-state index contributed by atoms with van der Waals surface area (Å²) in [5.41, 5.74) is 0.197. The van der Waals surface area contributed by atoms with Crippen LogP contribution in [-0.2, 0) is 14.8 Å². The van der Waals surface area contributed by atoms with E-state index in [9.17, 15) is 13.2 Å². The van der Waals surface area contributed by atoms with Crippen molar-refractivity contribution in [3.8, 4) is 12.3 Å². The Balaban J connectivity index is 2.81. The molecule has 0 aromatic heterocycles. The summed E-state index contributed by atoms with van der Waals surface area (Å²) < 4.78 is 31.2. The average molecular weight is 309 g/mol. The second kappa shape index (κ2) is 7.81. The van der Waals surface area contributed by atoms with Crippen molar-refractivity contribution in [2.24, 2.45) is 5.92 Å². The Labute approximate surface area is 125 Å². The van der Waals surface area contributed by atoms with Crippen molar-refractivity contribution < 1.29 is 17.9 Å². The normalized spacial score (nSPS) is 11.1. The van der Waals surface area contributed by atoms with Crippen molar-refractivity contribution in [2.45, 2.75) is 25.2 Å². The van der Waals surface area contributed by atoms with E-state index < -0.39 is 16.0 Å². The third kappa shape index (κ3) is 5.58. The van der Waals surface area contributed by atoms with E-state index in [1.165, 1.54) is 24.3 Å². The Bertz CT molecular complexity index is 629. The molecule has 1 aromatic carbocycles. The van der Waals surface area contributed by atoms with Gasteiger partial charge in [0.15, 0.2) is 0 Å². The van der Waals surface area contributed by atoms with Crippen LogP contribution in [0.25, 0.3) is 0 Å². The van der Waals surface area contributed by atoms with Crippen LogP contribution >= 0.6 is 0 Å². The highest BCUT2D eigenvalue weighted by atomic mass is 32.2. The topological polar surface area (TPSA) is 72.5 Å². The fourth-order valence-corrected chi connectivity index (χ4v) is 2.46. The van der Waals surface area contributed by atoms with Crippen molar-refractivity contribution in [3.05, 3.63) is 29.8 Å². The zero-order chi connectivity index (χ0) is 15.9. The van der Waals surface area contributed by atoms with E-state index in [1.54, 1.807) is 0 Å². The number of benzene rings is 1. The molecule has 1 aromatic rings. The van der Waals surface area contributed by atoms with Crippen LogP contribution in [0.1, 0.15) is 30.6 Å². The van der Waals surface area contributed by atoms with Crippen LogP contribution in [0.15, 0.2) is 29.2 Å². The molecule has 0 aliphatic heterocycles. The molecule has 0 saturated heterocycles. The van der Waals surface area contributed by atoms with Gasteiger partial charge in [-0.05, 0) is 30.5 Å². The molecule has 114 valence electrons. The van der Waals surface area contributed by atoms with Gasteiger partial charge in [-0.15, -0.1) is 6.42 Å². The highest BCUT2D eigenvalue weighted by molar-refractivity contribution is 7.89. The lowest BCUT2D eigenvalue weighted by molar-refractivity contribution is 0.0488. The number of nitrogens with one attached hydrogen (secondary N) is 1. The summed E-state index contributed by atoms with van der Waals surface area (Å²) in [5, 5.41) is 0. The zero-order valence-electron chi connectivity index (χ0n) is 12.1. The fraction of sp³-hybridized carbons (Fsp3) is 0.400. The van der Waals surface area contributed by atoms with Gasteiger partial charge in [0.25, 0.3) is 0 Å². The van der Waals surface area contributed by atoms with Crippen molar-refractivity contribution in [1.29, 1.82) is 0 Å². The molecule has 0 heterocycles. The van der Waals surface area contributed by atoms with Crippen molar-refractivity contribution in [1.82, 2.24) is 4.72 Å². The molecule has 0 radical (unpaired) electrons. The second-order valence-electron chi connectivity index (χ2n) is 4.87. The predicted octanol–water partition coefficient (Wildman–Crippen LogP) is 1.80. The van der Waals surface area contributed by atoms with E-state index >= 15 is 0 Å². The molecule has 5 nitrogen and oxygen atoms in total. The van der Waals surface area contributed by atoms with Crippen LogP contribution < -0.4 is 4.72 Å². The smallest absolute Gasteiger partial charge is 0.338 e. The van der Waals surface area contributed by atoms with Crippen LogP contribution in [0, 0.1) is 18.3 Å². The third-order valence-electron chi connectivity index (χ3n) is 2.67. The lowest BCUT2D eigenvalue weighted by Gasteiger charge is -2.08. The maximum absolute atomic E-state index is 11.9. The van der Waals surface area contributed by atoms with E-state index in [1.807, 2.05) is 13.8 Å². The standard InChI is InChI=1S/C15H19NO4S/c1-4-9-16-21(18,19)14-7-5-6-13(11-14)15(17)20-10-8-12(2)3/h1,5-7,11-12,16H,8-10H2,2-3H3. The van der Waals surface area contributed by atoms with Crippen molar-refractivity contribution >= 4 is 16.0 Å². The summed E-state index contributed by atoms with van der Waals surface area (Å²) in [6.07, 6.45) is 5.78. The maximum atomic E-state index is 11.9. The van der Waals surface area contributed by atoms with E-state index in [0.717, 1.165) is 6.42 Å². The van der Waals surface area contributed by atoms with Crippen molar-refractivity contribution in [2.75, 3.05) is 13.2 Å². The Morgan fingerprint density at radius 3 is 2.76 bits per heavy atom. The Kier molecular flexibility index (Phi) is 6.40. The molecule has 0 bridgehead atoms. The summed E-state index contributed by atoms with van der Waals surface area (Å²) in [5.74, 6) is 2.08. The monoisotopic (exact) mass is 309 g/mol. The van der Waals surface area contributed by atoms with Crippen LogP contribution in [0.4, 0.5) is 0 Å². The van der Waals surface area contributed by atoms with Crippen LogP contribution in [-0.4, -0.2) is 27.5 Å². The minimum absolute atomic E-state index is 0.0175. The van der Waals surface area contributed by atoms with Crippen molar-refractivity contribution in [3.63, 3.8) is 0 Å². The number of sulfonamides is 1. The highest BCUT2D eigenvalue weighted by Gasteiger charge is 2.16. The van der Waals surface area contributed by atoms with Crippen LogP contribution in [0.5, 0.6) is 0 Å². The van der Waals surface area contributed by atoms with E-state index in [4.69, 9.17) is 11.2 Å². The molecule has 0 fully saturated rings. The van der Waals surface area contributed by atoms with Crippen LogP contribution in [0.3, 0.4) is 0 Å². The molecule has 1 N–H and O–H groups in total. The van der Waals surface area contributed by atoms with Gasteiger partial charge in [-0.1, -0.05) is 25.8 Å². The summed E-state index contributed by atoms with van der Waals surface area (Å²) in [6.45, 7) is 4.25. The average Bonchev–Trinajstić information content (AvgIpc) is 2.45. The zero-order valence-corrected chi connectivity index (χ0v) is 12.9. The van der Waals surface area contributed by atoms with Gasteiger partial charge in [-0.25, -0.2) is 13.2 Å². The lowest BCUT2D eigenvalue weighted by Crippen LogP contribution is -2.24. The van der Waals surface area contributed by atoms with E-state index in [0.29, 0.717) is 12.5 Å². The SMILES string of the molecule is C#CCNS(=O)(=O)c1cccc(C(=O)OCCC(C)C)c1. The van der Waals surface area contributed by atoms with Gasteiger partial charge >= 0.3 is 5.97 Å². The molecule has 0 spiro atoms.